The molecule has 1 aliphatic rings. The number of nitrogens with one attached hydrogen (secondary N) is 1. The number of benzene rings is 2. The number of carbonyl (C=O) groups is 1. The average Bonchev–Trinajstić information content (AvgIpc) is 2.95. The fourth-order valence-electron chi connectivity index (χ4n) is 3.44. The van der Waals surface area contributed by atoms with Crippen molar-refractivity contribution in [2.75, 3.05) is 46.1 Å². The van der Waals surface area contributed by atoms with Crippen molar-refractivity contribution in [3.05, 3.63) is 59.9 Å². The van der Waals surface area contributed by atoms with E-state index in [4.69, 9.17) is 14.2 Å². The van der Waals surface area contributed by atoms with Crippen LogP contribution in [0.25, 0.3) is 0 Å². The lowest BCUT2D eigenvalue weighted by Gasteiger charge is -2.30. The summed E-state index contributed by atoms with van der Waals surface area (Å²) in [6, 6.07) is 13.6. The van der Waals surface area contributed by atoms with Gasteiger partial charge < -0.3 is 24.6 Å². The standard InChI is InChI=1S/C24H31FN2O5/c1-19(28)26-11-2-13-31-22-7-3-20(4-8-22)15-27-12-14-30-17-24(29,16-27)18-32-23-9-5-21(25)6-10-23/h3-10,29H,2,11-18H2,1H3,(H,26,28). The Morgan fingerprint density at radius 3 is 2.56 bits per heavy atom. The summed E-state index contributed by atoms with van der Waals surface area (Å²) in [7, 11) is 0. The number of nitrogens with zero attached hydrogens (tertiary/aromatic N) is 1. The molecule has 1 fully saturated rings. The van der Waals surface area contributed by atoms with E-state index in [9.17, 15) is 14.3 Å². The molecule has 1 unspecified atom stereocenters. The molecule has 0 aliphatic carbocycles. The summed E-state index contributed by atoms with van der Waals surface area (Å²) >= 11 is 0. The van der Waals surface area contributed by atoms with E-state index in [2.05, 4.69) is 10.2 Å². The monoisotopic (exact) mass is 446 g/mol. The molecule has 2 aromatic carbocycles. The van der Waals surface area contributed by atoms with Crippen LogP contribution >= 0.6 is 0 Å². The molecular formula is C24H31FN2O5. The molecule has 3 rings (SSSR count). The van der Waals surface area contributed by atoms with Crippen LogP contribution in [0.4, 0.5) is 4.39 Å². The fraction of sp³-hybridized carbons (Fsp3) is 0.458. The third-order valence-corrected chi connectivity index (χ3v) is 5.05. The van der Waals surface area contributed by atoms with Crippen LogP contribution in [0.15, 0.2) is 48.5 Å². The van der Waals surface area contributed by atoms with Crippen molar-refractivity contribution in [1.29, 1.82) is 0 Å². The normalized spacial score (nSPS) is 19.2. The molecule has 2 aromatic rings. The van der Waals surface area contributed by atoms with Gasteiger partial charge in [0.15, 0.2) is 0 Å². The quantitative estimate of drug-likeness (QED) is 0.546. The number of rotatable bonds is 10. The molecule has 1 aliphatic heterocycles. The van der Waals surface area contributed by atoms with E-state index in [0.717, 1.165) is 17.7 Å². The topological polar surface area (TPSA) is 80.3 Å². The van der Waals surface area contributed by atoms with Crippen molar-refractivity contribution in [2.24, 2.45) is 0 Å². The van der Waals surface area contributed by atoms with Gasteiger partial charge in [0.05, 0.1) is 19.8 Å². The minimum Gasteiger partial charge on any atom is -0.494 e. The van der Waals surface area contributed by atoms with Crippen molar-refractivity contribution in [3.8, 4) is 11.5 Å². The van der Waals surface area contributed by atoms with Crippen molar-refractivity contribution in [3.63, 3.8) is 0 Å². The fourth-order valence-corrected chi connectivity index (χ4v) is 3.44. The van der Waals surface area contributed by atoms with Gasteiger partial charge in [-0.3, -0.25) is 9.69 Å². The zero-order valence-corrected chi connectivity index (χ0v) is 18.4. The molecule has 0 radical (unpaired) electrons. The molecule has 1 heterocycles. The molecule has 7 nitrogen and oxygen atoms in total. The van der Waals surface area contributed by atoms with Crippen molar-refractivity contribution < 1.29 is 28.5 Å². The molecule has 32 heavy (non-hydrogen) atoms. The third kappa shape index (κ3) is 8.11. The van der Waals surface area contributed by atoms with Crippen LogP contribution in [0.3, 0.4) is 0 Å². The van der Waals surface area contributed by atoms with Gasteiger partial charge in [0, 0.05) is 33.1 Å². The molecule has 0 aromatic heterocycles. The largest absolute Gasteiger partial charge is 0.494 e. The maximum atomic E-state index is 13.1. The van der Waals surface area contributed by atoms with Gasteiger partial charge in [0.2, 0.25) is 5.91 Å². The van der Waals surface area contributed by atoms with Crippen molar-refractivity contribution >= 4 is 5.91 Å². The maximum absolute atomic E-state index is 13.1. The van der Waals surface area contributed by atoms with Crippen LogP contribution in [-0.2, 0) is 16.1 Å². The predicted octanol–water partition coefficient (Wildman–Crippen LogP) is 2.37. The highest BCUT2D eigenvalue weighted by atomic mass is 19.1. The highest BCUT2D eigenvalue weighted by Gasteiger charge is 2.33. The number of amides is 1. The van der Waals surface area contributed by atoms with Gasteiger partial charge in [-0.05, 0) is 48.4 Å². The SMILES string of the molecule is CC(=O)NCCCOc1ccc(CN2CCOCC(O)(COc3ccc(F)cc3)C2)cc1. The first-order valence-corrected chi connectivity index (χ1v) is 10.8. The Morgan fingerprint density at radius 2 is 1.84 bits per heavy atom. The first kappa shape index (κ1) is 24.0. The first-order valence-electron chi connectivity index (χ1n) is 10.8. The second kappa shape index (κ2) is 11.8. The first-order chi connectivity index (χ1) is 15.4. The number of hydrogen-bond acceptors (Lipinski definition) is 6. The molecule has 174 valence electrons. The minimum absolute atomic E-state index is 0.0396. The van der Waals surface area contributed by atoms with Crippen LogP contribution in [0, 0.1) is 5.82 Å². The third-order valence-electron chi connectivity index (χ3n) is 5.05. The predicted molar refractivity (Wildman–Crippen MR) is 118 cm³/mol. The number of ether oxygens (including phenoxy) is 3. The second-order valence-electron chi connectivity index (χ2n) is 8.06. The number of β-amino-alcohol motifs (C(OH)–C–C–N with tert-alkyl or cyclic N) is 1. The highest BCUT2D eigenvalue weighted by Crippen LogP contribution is 2.20. The van der Waals surface area contributed by atoms with E-state index >= 15 is 0 Å². The van der Waals surface area contributed by atoms with Gasteiger partial charge in [0.25, 0.3) is 0 Å². The molecule has 1 atom stereocenters. The van der Waals surface area contributed by atoms with Crippen LogP contribution in [0.1, 0.15) is 18.9 Å². The summed E-state index contributed by atoms with van der Waals surface area (Å²) in [6.45, 7) is 5.13. The van der Waals surface area contributed by atoms with Gasteiger partial charge in [-0.15, -0.1) is 0 Å². The zero-order chi connectivity index (χ0) is 22.8. The van der Waals surface area contributed by atoms with Gasteiger partial charge >= 0.3 is 0 Å². The van der Waals surface area contributed by atoms with Crippen molar-refractivity contribution in [1.82, 2.24) is 10.2 Å². The molecule has 0 spiro atoms. The summed E-state index contributed by atoms with van der Waals surface area (Å²) in [5.74, 6) is 0.909. The smallest absolute Gasteiger partial charge is 0.216 e. The number of hydrogen-bond donors (Lipinski definition) is 2. The molecular weight excluding hydrogens is 415 g/mol. The summed E-state index contributed by atoms with van der Waals surface area (Å²) in [6.07, 6.45) is 0.744. The number of aliphatic hydroxyl groups is 1. The zero-order valence-electron chi connectivity index (χ0n) is 18.4. The van der Waals surface area contributed by atoms with Crippen molar-refractivity contribution in [2.45, 2.75) is 25.5 Å². The van der Waals surface area contributed by atoms with Gasteiger partial charge in [-0.25, -0.2) is 4.39 Å². The Kier molecular flexibility index (Phi) is 8.84. The second-order valence-corrected chi connectivity index (χ2v) is 8.06. The van der Waals surface area contributed by atoms with E-state index in [0.29, 0.717) is 45.1 Å². The molecule has 0 saturated carbocycles. The lowest BCUT2D eigenvalue weighted by molar-refractivity contribution is -0.118. The van der Waals surface area contributed by atoms with E-state index in [1.165, 1.54) is 31.2 Å². The van der Waals surface area contributed by atoms with Gasteiger partial charge in [-0.1, -0.05) is 12.1 Å². The molecule has 1 saturated heterocycles. The lowest BCUT2D eigenvalue weighted by atomic mass is 10.1. The van der Waals surface area contributed by atoms with E-state index in [-0.39, 0.29) is 24.9 Å². The maximum Gasteiger partial charge on any atom is 0.216 e. The summed E-state index contributed by atoms with van der Waals surface area (Å²) < 4.78 is 30.0. The Balaban J connectivity index is 1.47. The van der Waals surface area contributed by atoms with Crippen LogP contribution < -0.4 is 14.8 Å². The molecule has 1 amide bonds. The lowest BCUT2D eigenvalue weighted by Crippen LogP contribution is -2.48. The molecule has 2 N–H and O–H groups in total. The minimum atomic E-state index is -1.16. The number of carbonyl (C=O) groups excluding carboxylic acids is 1. The molecule has 8 heteroatoms. The van der Waals surface area contributed by atoms with Crippen LogP contribution in [0.5, 0.6) is 11.5 Å². The van der Waals surface area contributed by atoms with E-state index in [1.807, 2.05) is 24.3 Å². The Labute approximate surface area is 188 Å². The summed E-state index contributed by atoms with van der Waals surface area (Å²) in [4.78, 5) is 13.0. The van der Waals surface area contributed by atoms with Crippen LogP contribution in [-0.4, -0.2) is 67.6 Å². The van der Waals surface area contributed by atoms with Crippen LogP contribution in [0.2, 0.25) is 0 Å². The van der Waals surface area contributed by atoms with E-state index in [1.54, 1.807) is 0 Å². The average molecular weight is 447 g/mol. The van der Waals surface area contributed by atoms with E-state index < -0.39 is 5.60 Å². The Morgan fingerprint density at radius 1 is 1.16 bits per heavy atom. The molecule has 0 bridgehead atoms. The Bertz CT molecular complexity index is 846. The summed E-state index contributed by atoms with van der Waals surface area (Å²) in [5.41, 5.74) is -0.0683. The number of halogens is 1. The van der Waals surface area contributed by atoms with Gasteiger partial charge in [-0.2, -0.15) is 0 Å². The summed E-state index contributed by atoms with van der Waals surface area (Å²) in [5, 5.41) is 13.8. The van der Waals surface area contributed by atoms with Gasteiger partial charge in [0.1, 0.15) is 29.5 Å². The highest BCUT2D eigenvalue weighted by molar-refractivity contribution is 5.72. The Hall–Kier alpha value is -2.68.